The van der Waals surface area contributed by atoms with Gasteiger partial charge in [0.05, 0.1) is 11.4 Å². The van der Waals surface area contributed by atoms with Crippen LogP contribution in [0.25, 0.3) is 0 Å². The van der Waals surface area contributed by atoms with Crippen molar-refractivity contribution in [2.75, 3.05) is 0 Å². The predicted molar refractivity (Wildman–Crippen MR) is 94.6 cm³/mol. The normalized spacial score (nSPS) is 11.3. The Balaban J connectivity index is 2.49. The zero-order valence-electron chi connectivity index (χ0n) is 14.2. The lowest BCUT2D eigenvalue weighted by atomic mass is 10.0. The summed E-state index contributed by atoms with van der Waals surface area (Å²) in [5, 5.41) is 9.32. The highest BCUT2D eigenvalue weighted by Crippen LogP contribution is 2.31. The van der Waals surface area contributed by atoms with Crippen LogP contribution in [0.1, 0.15) is 49.9 Å². The number of benzene rings is 2. The second-order valence-electron chi connectivity index (χ2n) is 5.46. The Kier molecular flexibility index (Phi) is 5.88. The molecule has 0 unspecified atom stereocenters. The maximum Gasteiger partial charge on any atom is 0.0920 e. The Morgan fingerprint density at radius 3 is 1.05 bits per heavy atom. The minimum atomic E-state index is 0.984. The fourth-order valence-corrected chi connectivity index (χ4v) is 2.79. The number of aryl methyl sites for hydroxylation is 4. The van der Waals surface area contributed by atoms with E-state index in [1.165, 1.54) is 22.3 Å². The number of hydrogen-bond donors (Lipinski definition) is 0. The largest absolute Gasteiger partial charge is 0.150 e. The molecular formula is C20H26N2. The second-order valence-corrected chi connectivity index (χ2v) is 5.46. The fraction of sp³-hybridized carbons (Fsp3) is 0.400. The third kappa shape index (κ3) is 3.44. The molecule has 22 heavy (non-hydrogen) atoms. The first-order chi connectivity index (χ1) is 10.7. The number of rotatable bonds is 6. The van der Waals surface area contributed by atoms with E-state index < -0.39 is 0 Å². The molecule has 0 atom stereocenters. The maximum atomic E-state index is 4.66. The molecule has 0 N–H and O–H groups in total. The molecule has 0 radical (unpaired) electrons. The van der Waals surface area contributed by atoms with E-state index in [9.17, 15) is 0 Å². The van der Waals surface area contributed by atoms with Gasteiger partial charge in [0, 0.05) is 0 Å². The van der Waals surface area contributed by atoms with E-state index in [1.807, 2.05) is 0 Å². The molecule has 2 aromatic carbocycles. The van der Waals surface area contributed by atoms with Crippen molar-refractivity contribution in [3.63, 3.8) is 0 Å². The molecule has 0 aliphatic heterocycles. The first-order valence-corrected chi connectivity index (χ1v) is 8.38. The highest BCUT2D eigenvalue weighted by molar-refractivity contribution is 5.56. The van der Waals surface area contributed by atoms with Gasteiger partial charge >= 0.3 is 0 Å². The molecule has 0 saturated carbocycles. The van der Waals surface area contributed by atoms with Crippen molar-refractivity contribution in [3.05, 3.63) is 58.7 Å². The van der Waals surface area contributed by atoms with E-state index in [1.54, 1.807) is 0 Å². The molecule has 0 aromatic heterocycles. The van der Waals surface area contributed by atoms with E-state index in [0.29, 0.717) is 0 Å². The molecule has 0 fully saturated rings. The zero-order chi connectivity index (χ0) is 15.9. The second kappa shape index (κ2) is 7.88. The maximum absolute atomic E-state index is 4.66. The van der Waals surface area contributed by atoms with Gasteiger partial charge in [0.15, 0.2) is 0 Å². The Hall–Kier alpha value is -1.96. The number of nitrogens with zero attached hydrogens (tertiary/aromatic N) is 2. The van der Waals surface area contributed by atoms with Crippen LogP contribution in [0.2, 0.25) is 0 Å². The van der Waals surface area contributed by atoms with Crippen molar-refractivity contribution < 1.29 is 0 Å². The topological polar surface area (TPSA) is 24.7 Å². The summed E-state index contributed by atoms with van der Waals surface area (Å²) in [5.41, 5.74) is 7.21. The summed E-state index contributed by atoms with van der Waals surface area (Å²) >= 11 is 0. The lowest BCUT2D eigenvalue weighted by molar-refractivity contribution is 1.03. The fourth-order valence-electron chi connectivity index (χ4n) is 2.79. The third-order valence-electron chi connectivity index (χ3n) is 4.18. The van der Waals surface area contributed by atoms with Crippen molar-refractivity contribution in [1.82, 2.24) is 0 Å². The van der Waals surface area contributed by atoms with Crippen molar-refractivity contribution in [3.8, 4) is 0 Å². The molecule has 116 valence electrons. The molecule has 0 amide bonds. The van der Waals surface area contributed by atoms with Gasteiger partial charge in [-0.2, -0.15) is 0 Å². The van der Waals surface area contributed by atoms with Gasteiger partial charge in [-0.15, -0.1) is 10.2 Å². The van der Waals surface area contributed by atoms with Crippen molar-refractivity contribution in [2.45, 2.75) is 53.4 Å². The van der Waals surface area contributed by atoms with Crippen molar-refractivity contribution in [1.29, 1.82) is 0 Å². The van der Waals surface area contributed by atoms with Crippen LogP contribution in [0.15, 0.2) is 46.6 Å². The first-order valence-electron chi connectivity index (χ1n) is 8.38. The van der Waals surface area contributed by atoms with Gasteiger partial charge in [-0.1, -0.05) is 64.1 Å². The molecule has 0 aliphatic carbocycles. The lowest BCUT2D eigenvalue weighted by Crippen LogP contribution is -1.89. The quantitative estimate of drug-likeness (QED) is 0.554. The molecule has 2 aromatic rings. The molecule has 2 rings (SSSR count). The summed E-state index contributed by atoms with van der Waals surface area (Å²) in [5.74, 6) is 0. The van der Waals surface area contributed by atoms with E-state index in [0.717, 1.165) is 37.1 Å². The SMILES string of the molecule is CCc1cccc(CC)c1N=Nc1c(CC)cccc1CC. The summed E-state index contributed by atoms with van der Waals surface area (Å²) in [6.07, 6.45) is 3.94. The molecule has 2 nitrogen and oxygen atoms in total. The minimum absolute atomic E-state index is 0.984. The van der Waals surface area contributed by atoms with Gasteiger partial charge in [0.25, 0.3) is 0 Å². The van der Waals surface area contributed by atoms with Gasteiger partial charge < -0.3 is 0 Å². The zero-order valence-corrected chi connectivity index (χ0v) is 14.2. The van der Waals surface area contributed by atoms with Gasteiger partial charge in [0.1, 0.15) is 0 Å². The lowest BCUT2D eigenvalue weighted by Gasteiger charge is -2.10. The van der Waals surface area contributed by atoms with Crippen LogP contribution in [0.3, 0.4) is 0 Å². The Bertz CT molecular complexity index is 555. The van der Waals surface area contributed by atoms with E-state index in [-0.39, 0.29) is 0 Å². The van der Waals surface area contributed by atoms with Gasteiger partial charge in [0.2, 0.25) is 0 Å². The van der Waals surface area contributed by atoms with E-state index in [4.69, 9.17) is 0 Å². The van der Waals surface area contributed by atoms with Crippen molar-refractivity contribution >= 4 is 11.4 Å². The third-order valence-corrected chi connectivity index (χ3v) is 4.18. The average Bonchev–Trinajstić information content (AvgIpc) is 2.58. The average molecular weight is 294 g/mol. The summed E-state index contributed by atoms with van der Waals surface area (Å²) in [6.45, 7) is 8.69. The van der Waals surface area contributed by atoms with Gasteiger partial charge in [-0.05, 0) is 47.9 Å². The van der Waals surface area contributed by atoms with Crippen LogP contribution >= 0.6 is 0 Å². The highest BCUT2D eigenvalue weighted by Gasteiger charge is 2.08. The van der Waals surface area contributed by atoms with Gasteiger partial charge in [-0.25, -0.2) is 0 Å². The van der Waals surface area contributed by atoms with E-state index in [2.05, 4.69) is 74.3 Å². The summed E-state index contributed by atoms with van der Waals surface area (Å²) in [6, 6.07) is 12.8. The van der Waals surface area contributed by atoms with E-state index >= 15 is 0 Å². The predicted octanol–water partition coefficient (Wildman–Crippen LogP) is 6.35. The molecule has 0 spiro atoms. The summed E-state index contributed by atoms with van der Waals surface area (Å²) in [7, 11) is 0. The number of azo groups is 1. The molecule has 2 heteroatoms. The summed E-state index contributed by atoms with van der Waals surface area (Å²) < 4.78 is 0. The highest BCUT2D eigenvalue weighted by atomic mass is 15.1. The molecule has 0 aliphatic rings. The van der Waals surface area contributed by atoms with Crippen LogP contribution in [-0.2, 0) is 25.7 Å². The number of hydrogen-bond acceptors (Lipinski definition) is 2. The Morgan fingerprint density at radius 2 is 0.818 bits per heavy atom. The summed E-state index contributed by atoms with van der Waals surface area (Å²) in [4.78, 5) is 0. The van der Waals surface area contributed by atoms with Gasteiger partial charge in [-0.3, -0.25) is 0 Å². The molecule has 0 heterocycles. The standard InChI is InChI=1S/C20H26N2/c1-5-15-11-9-12-16(6-2)19(15)21-22-20-17(7-3)13-10-14-18(20)8-4/h9-14H,5-8H2,1-4H3. The van der Waals surface area contributed by atoms with Crippen LogP contribution in [0, 0.1) is 0 Å². The van der Waals surface area contributed by atoms with Crippen molar-refractivity contribution in [2.24, 2.45) is 10.2 Å². The van der Waals surface area contributed by atoms with Crippen LogP contribution in [-0.4, -0.2) is 0 Å². The smallest absolute Gasteiger partial charge is 0.0920 e. The Morgan fingerprint density at radius 1 is 0.545 bits per heavy atom. The van der Waals surface area contributed by atoms with Crippen LogP contribution in [0.4, 0.5) is 11.4 Å². The minimum Gasteiger partial charge on any atom is -0.150 e. The Labute approximate surface area is 134 Å². The molecular weight excluding hydrogens is 268 g/mol. The first kappa shape index (κ1) is 16.4. The monoisotopic (exact) mass is 294 g/mol. The van der Waals surface area contributed by atoms with Crippen LogP contribution in [0.5, 0.6) is 0 Å². The molecule has 0 bridgehead atoms. The van der Waals surface area contributed by atoms with Crippen LogP contribution < -0.4 is 0 Å². The molecule has 0 saturated heterocycles.